The molecular weight excluding hydrogens is 424 g/mol. The van der Waals surface area contributed by atoms with Crippen molar-refractivity contribution in [2.75, 3.05) is 0 Å². The first kappa shape index (κ1) is 20.7. The molecule has 0 N–H and O–H groups in total. The third kappa shape index (κ3) is 2.74. The van der Waals surface area contributed by atoms with Crippen LogP contribution in [0.5, 0.6) is 0 Å². The van der Waals surface area contributed by atoms with Gasteiger partial charge in [-0.25, -0.2) is 4.57 Å². The van der Waals surface area contributed by atoms with E-state index in [1.165, 1.54) is 76.5 Å². The number of pyridine rings is 2. The van der Waals surface area contributed by atoms with Crippen LogP contribution in [0.25, 0.3) is 59.8 Å². The SMILES string of the molecule is Cc1ccc2c(c1)c1c3ccccc3c(C)c3c1n2c1cc(CC(C)(C)C)cc2cc[n+](C)c3c21. The normalized spacial score (nSPS) is 13.0. The topological polar surface area (TPSA) is 8.29 Å². The molecule has 3 aromatic heterocycles. The second-order valence-corrected chi connectivity index (χ2v) is 11.7. The number of fused-ring (bicyclic) bond motifs is 7. The van der Waals surface area contributed by atoms with E-state index in [4.69, 9.17) is 0 Å². The number of aromatic nitrogens is 2. The van der Waals surface area contributed by atoms with Crippen LogP contribution in [0.15, 0.2) is 66.9 Å². The zero-order valence-corrected chi connectivity index (χ0v) is 21.5. The maximum Gasteiger partial charge on any atom is 0.224 e. The molecule has 0 fully saturated rings. The highest BCUT2D eigenvalue weighted by Crippen LogP contribution is 2.45. The summed E-state index contributed by atoms with van der Waals surface area (Å²) in [6.45, 7) is 11.5. The average Bonchev–Trinajstić information content (AvgIpc) is 3.13. The van der Waals surface area contributed by atoms with E-state index >= 15 is 0 Å². The first-order valence-electron chi connectivity index (χ1n) is 12.6. The lowest BCUT2D eigenvalue weighted by molar-refractivity contribution is -0.643. The lowest BCUT2D eigenvalue weighted by atomic mass is 9.87. The smallest absolute Gasteiger partial charge is 0.224 e. The Morgan fingerprint density at radius 1 is 0.771 bits per heavy atom. The quantitative estimate of drug-likeness (QED) is 0.134. The number of hydrogen-bond donors (Lipinski definition) is 0. The molecule has 0 saturated carbocycles. The fourth-order valence-corrected chi connectivity index (χ4v) is 6.53. The summed E-state index contributed by atoms with van der Waals surface area (Å²) in [5, 5.41) is 9.48. The van der Waals surface area contributed by atoms with Crippen LogP contribution in [0.3, 0.4) is 0 Å². The van der Waals surface area contributed by atoms with Gasteiger partial charge in [-0.05, 0) is 71.2 Å². The van der Waals surface area contributed by atoms with Gasteiger partial charge in [0.2, 0.25) is 5.52 Å². The molecule has 2 nitrogen and oxygen atoms in total. The van der Waals surface area contributed by atoms with Gasteiger partial charge in [0.25, 0.3) is 0 Å². The highest BCUT2D eigenvalue weighted by Gasteiger charge is 2.26. The van der Waals surface area contributed by atoms with Gasteiger partial charge < -0.3 is 4.40 Å². The summed E-state index contributed by atoms with van der Waals surface area (Å²) in [5.74, 6) is 0. The Kier molecular flexibility index (Phi) is 3.98. The Balaban J connectivity index is 1.88. The Hall–Kier alpha value is -3.65. The van der Waals surface area contributed by atoms with Gasteiger partial charge in [0.05, 0.1) is 27.3 Å². The fourth-order valence-electron chi connectivity index (χ4n) is 6.53. The van der Waals surface area contributed by atoms with E-state index in [1.54, 1.807) is 0 Å². The fraction of sp³-hybridized carbons (Fsp3) is 0.242. The second-order valence-electron chi connectivity index (χ2n) is 11.7. The first-order chi connectivity index (χ1) is 16.7. The van der Waals surface area contributed by atoms with Crippen LogP contribution in [0, 0.1) is 19.3 Å². The Morgan fingerprint density at radius 3 is 2.31 bits per heavy atom. The molecule has 0 aliphatic carbocycles. The van der Waals surface area contributed by atoms with Gasteiger partial charge >= 0.3 is 0 Å². The van der Waals surface area contributed by atoms with Gasteiger partial charge in [0.15, 0.2) is 6.20 Å². The van der Waals surface area contributed by atoms with Gasteiger partial charge in [-0.3, -0.25) is 0 Å². The molecule has 7 rings (SSSR count). The molecule has 0 atom stereocenters. The van der Waals surface area contributed by atoms with Crippen LogP contribution in [0.4, 0.5) is 0 Å². The summed E-state index contributed by atoms with van der Waals surface area (Å²) >= 11 is 0. The van der Waals surface area contributed by atoms with Crippen molar-refractivity contribution in [1.82, 2.24) is 4.40 Å². The number of rotatable bonds is 1. The largest absolute Gasteiger partial charge is 0.307 e. The molecule has 3 heterocycles. The molecule has 4 aromatic carbocycles. The van der Waals surface area contributed by atoms with Crippen LogP contribution in [0.1, 0.15) is 37.5 Å². The predicted octanol–water partition coefficient (Wildman–Crippen LogP) is 8.17. The maximum atomic E-state index is 2.57. The lowest BCUT2D eigenvalue weighted by Gasteiger charge is -2.20. The van der Waals surface area contributed by atoms with Crippen molar-refractivity contribution in [3.63, 3.8) is 0 Å². The molecule has 35 heavy (non-hydrogen) atoms. The van der Waals surface area contributed by atoms with Crippen molar-refractivity contribution in [1.29, 1.82) is 0 Å². The van der Waals surface area contributed by atoms with E-state index in [-0.39, 0.29) is 5.41 Å². The van der Waals surface area contributed by atoms with Crippen molar-refractivity contribution >= 4 is 59.8 Å². The van der Waals surface area contributed by atoms with Crippen LogP contribution in [0.2, 0.25) is 0 Å². The van der Waals surface area contributed by atoms with E-state index in [0.717, 1.165) is 6.42 Å². The number of hydrogen-bond acceptors (Lipinski definition) is 0. The van der Waals surface area contributed by atoms with E-state index < -0.39 is 0 Å². The monoisotopic (exact) mass is 455 g/mol. The minimum atomic E-state index is 0.229. The second kappa shape index (κ2) is 6.73. The summed E-state index contributed by atoms with van der Waals surface area (Å²) in [5.41, 5.74) is 9.60. The summed E-state index contributed by atoms with van der Waals surface area (Å²) in [4.78, 5) is 0. The van der Waals surface area contributed by atoms with Crippen molar-refractivity contribution in [2.24, 2.45) is 12.5 Å². The molecule has 0 radical (unpaired) electrons. The van der Waals surface area contributed by atoms with Gasteiger partial charge in [-0.15, -0.1) is 0 Å². The highest BCUT2D eigenvalue weighted by molar-refractivity contribution is 6.33. The zero-order valence-electron chi connectivity index (χ0n) is 21.5. The van der Waals surface area contributed by atoms with Crippen molar-refractivity contribution in [3.8, 4) is 0 Å². The standard InChI is InChI=1S/C33H31N2/c1-19-11-12-26-25(15-19)30-24-10-8-7-9-23(24)20(2)28-31-29-22(13-14-34(31)6)16-21(18-33(3,4)5)17-27(29)35(26)32(28)30/h7-17H,18H2,1-6H3/q+1. The van der Waals surface area contributed by atoms with Crippen molar-refractivity contribution in [2.45, 2.75) is 41.0 Å². The van der Waals surface area contributed by atoms with Gasteiger partial charge in [-0.1, -0.05) is 62.7 Å². The molecule has 0 saturated heterocycles. The van der Waals surface area contributed by atoms with Crippen molar-refractivity contribution in [3.05, 3.63) is 83.6 Å². The number of nitrogens with zero attached hydrogens (tertiary/aromatic N) is 2. The van der Waals surface area contributed by atoms with Crippen molar-refractivity contribution < 1.29 is 4.57 Å². The summed E-state index contributed by atoms with van der Waals surface area (Å²) in [7, 11) is 2.20. The molecule has 0 amide bonds. The Morgan fingerprint density at radius 2 is 1.54 bits per heavy atom. The molecule has 0 bridgehead atoms. The molecule has 7 aromatic rings. The van der Waals surface area contributed by atoms with Crippen LogP contribution < -0.4 is 4.57 Å². The molecular formula is C33H31N2+. The van der Waals surface area contributed by atoms with E-state index in [9.17, 15) is 0 Å². The predicted molar refractivity (Wildman–Crippen MR) is 150 cm³/mol. The molecule has 0 unspecified atom stereocenters. The van der Waals surface area contributed by atoms with E-state index in [1.807, 2.05) is 0 Å². The minimum absolute atomic E-state index is 0.229. The molecule has 0 aliphatic heterocycles. The van der Waals surface area contributed by atoms with E-state index in [0.29, 0.717) is 0 Å². The Bertz CT molecular complexity index is 1980. The number of benzene rings is 4. The van der Waals surface area contributed by atoms with Gasteiger partial charge in [-0.2, -0.15) is 0 Å². The van der Waals surface area contributed by atoms with Crippen LogP contribution >= 0.6 is 0 Å². The van der Waals surface area contributed by atoms with Crippen LogP contribution in [-0.2, 0) is 13.5 Å². The number of aryl methyl sites for hydroxylation is 3. The Labute approximate surface area is 205 Å². The van der Waals surface area contributed by atoms with E-state index in [2.05, 4.69) is 117 Å². The third-order valence-electron chi connectivity index (χ3n) is 7.82. The summed E-state index contributed by atoms with van der Waals surface area (Å²) in [6, 6.07) is 23.1. The summed E-state index contributed by atoms with van der Waals surface area (Å²) < 4.78 is 4.90. The van der Waals surface area contributed by atoms with Gasteiger partial charge in [0.1, 0.15) is 7.05 Å². The highest BCUT2D eigenvalue weighted by atomic mass is 15.0. The minimum Gasteiger partial charge on any atom is -0.307 e. The molecule has 0 spiro atoms. The molecule has 2 heteroatoms. The third-order valence-corrected chi connectivity index (χ3v) is 7.82. The molecule has 0 aliphatic rings. The summed E-state index contributed by atoms with van der Waals surface area (Å²) in [6.07, 6.45) is 3.29. The van der Waals surface area contributed by atoms with Crippen LogP contribution in [-0.4, -0.2) is 4.40 Å². The van der Waals surface area contributed by atoms with Gasteiger partial charge in [0, 0.05) is 16.8 Å². The zero-order chi connectivity index (χ0) is 24.2. The maximum absolute atomic E-state index is 2.57. The lowest BCUT2D eigenvalue weighted by Crippen LogP contribution is -2.29. The first-order valence-corrected chi connectivity index (χ1v) is 12.6. The average molecular weight is 456 g/mol. The molecule has 172 valence electrons.